The summed E-state index contributed by atoms with van der Waals surface area (Å²) in [7, 11) is 0. The van der Waals surface area contributed by atoms with Crippen LogP contribution in [0, 0.1) is 13.8 Å². The van der Waals surface area contributed by atoms with E-state index < -0.39 is 0 Å². The fourth-order valence-corrected chi connectivity index (χ4v) is 1.63. The molecular formula is C12H11N3O. The lowest BCUT2D eigenvalue weighted by Crippen LogP contribution is -1.88. The van der Waals surface area contributed by atoms with E-state index in [9.17, 15) is 0 Å². The van der Waals surface area contributed by atoms with Gasteiger partial charge in [0.1, 0.15) is 5.82 Å². The monoisotopic (exact) mass is 213 g/mol. The highest BCUT2D eigenvalue weighted by Crippen LogP contribution is 2.20. The number of rotatable bonds is 1. The average Bonchev–Trinajstić information content (AvgIpc) is 2.83. The molecule has 80 valence electrons. The Kier molecular flexibility index (Phi) is 1.83. The zero-order valence-corrected chi connectivity index (χ0v) is 9.14. The van der Waals surface area contributed by atoms with Gasteiger partial charge in [0.15, 0.2) is 0 Å². The molecule has 4 nitrogen and oxygen atoms in total. The zero-order valence-electron chi connectivity index (χ0n) is 9.14. The van der Waals surface area contributed by atoms with Crippen molar-refractivity contribution >= 4 is 5.71 Å². The van der Waals surface area contributed by atoms with Gasteiger partial charge in [-0.3, -0.25) is 0 Å². The summed E-state index contributed by atoms with van der Waals surface area (Å²) >= 11 is 0. The smallest absolute Gasteiger partial charge is 0.246 e. The van der Waals surface area contributed by atoms with Crippen molar-refractivity contribution < 1.29 is 4.42 Å². The normalized spacial score (nSPS) is 11.1. The van der Waals surface area contributed by atoms with Gasteiger partial charge in [0.25, 0.3) is 0 Å². The third-order valence-corrected chi connectivity index (χ3v) is 2.57. The number of imidazole rings is 1. The number of hydrogen-bond acceptors (Lipinski definition) is 3. The van der Waals surface area contributed by atoms with Crippen molar-refractivity contribution in [1.82, 2.24) is 14.6 Å². The zero-order chi connectivity index (χ0) is 11.1. The van der Waals surface area contributed by atoms with Crippen LogP contribution in [0.25, 0.3) is 17.2 Å². The molecule has 0 N–H and O–H groups in total. The number of nitrogens with zero attached hydrogens (tertiary/aromatic N) is 3. The molecule has 0 fully saturated rings. The Labute approximate surface area is 92.5 Å². The van der Waals surface area contributed by atoms with E-state index in [0.29, 0.717) is 11.6 Å². The number of aromatic nitrogens is 3. The third-order valence-electron chi connectivity index (χ3n) is 2.57. The largest absolute Gasteiger partial charge is 0.417 e. The van der Waals surface area contributed by atoms with Crippen LogP contribution in [0.2, 0.25) is 0 Å². The first-order valence-electron chi connectivity index (χ1n) is 5.12. The van der Waals surface area contributed by atoms with Crippen LogP contribution in [-0.2, 0) is 0 Å². The van der Waals surface area contributed by atoms with Crippen LogP contribution in [0.15, 0.2) is 34.9 Å². The Bertz CT molecular complexity index is 634. The molecule has 0 atom stereocenters. The molecule has 3 aromatic rings. The predicted molar refractivity (Wildman–Crippen MR) is 60.2 cm³/mol. The van der Waals surface area contributed by atoms with Crippen molar-refractivity contribution in [2.45, 2.75) is 13.8 Å². The molecule has 0 unspecified atom stereocenters. The molecule has 0 aliphatic carbocycles. The Morgan fingerprint density at radius 2 is 1.88 bits per heavy atom. The summed E-state index contributed by atoms with van der Waals surface area (Å²) in [5.74, 6) is 1.46. The van der Waals surface area contributed by atoms with Crippen molar-refractivity contribution in [2.24, 2.45) is 0 Å². The van der Waals surface area contributed by atoms with E-state index in [1.165, 1.54) is 5.56 Å². The van der Waals surface area contributed by atoms with Gasteiger partial charge in [-0.2, -0.15) is 4.52 Å². The first-order chi connectivity index (χ1) is 7.74. The highest BCUT2D eigenvalue weighted by Gasteiger charge is 2.09. The Morgan fingerprint density at radius 3 is 2.56 bits per heavy atom. The Hall–Kier alpha value is -2.10. The maximum Gasteiger partial charge on any atom is 0.246 e. The van der Waals surface area contributed by atoms with E-state index in [0.717, 1.165) is 11.4 Å². The number of aryl methyl sites for hydroxylation is 2. The second kappa shape index (κ2) is 3.20. The van der Waals surface area contributed by atoms with Crippen LogP contribution < -0.4 is 0 Å². The van der Waals surface area contributed by atoms with Gasteiger partial charge < -0.3 is 4.42 Å². The average molecular weight is 213 g/mol. The first kappa shape index (κ1) is 9.15. The number of hydrogen-bond donors (Lipinski definition) is 0. The fraction of sp³-hybridized carbons (Fsp3) is 0.167. The summed E-state index contributed by atoms with van der Waals surface area (Å²) in [4.78, 5) is 4.11. The van der Waals surface area contributed by atoms with Crippen LogP contribution in [0.4, 0.5) is 0 Å². The van der Waals surface area contributed by atoms with E-state index in [2.05, 4.69) is 17.0 Å². The minimum absolute atomic E-state index is 0.625. The molecule has 0 amide bonds. The van der Waals surface area contributed by atoms with Crippen molar-refractivity contribution in [3.63, 3.8) is 0 Å². The third kappa shape index (κ3) is 1.31. The van der Waals surface area contributed by atoms with Gasteiger partial charge in [-0.15, -0.1) is 5.10 Å². The Balaban J connectivity index is 2.15. The van der Waals surface area contributed by atoms with Crippen LogP contribution in [0.1, 0.15) is 11.4 Å². The molecule has 0 bridgehead atoms. The van der Waals surface area contributed by atoms with E-state index in [1.54, 1.807) is 10.7 Å². The summed E-state index contributed by atoms with van der Waals surface area (Å²) in [6.45, 7) is 3.95. The van der Waals surface area contributed by atoms with Crippen LogP contribution in [-0.4, -0.2) is 14.6 Å². The summed E-state index contributed by atoms with van der Waals surface area (Å²) in [6.07, 6.45) is 1.68. The molecule has 2 heterocycles. The molecule has 0 radical (unpaired) electrons. The topological polar surface area (TPSA) is 43.3 Å². The van der Waals surface area contributed by atoms with E-state index in [-0.39, 0.29) is 0 Å². The fourth-order valence-electron chi connectivity index (χ4n) is 1.63. The standard InChI is InChI=1S/C12H11N3O/c1-8-3-5-10(6-4-8)12-14-15-9(2)13-7-11(15)16-12/h3-7H,1-2H3. The number of benzene rings is 1. The van der Waals surface area contributed by atoms with Gasteiger partial charge in [0.2, 0.25) is 11.6 Å². The number of fused-ring (bicyclic) bond motifs is 1. The maximum absolute atomic E-state index is 5.60. The molecule has 0 aliphatic heterocycles. The molecule has 0 aliphatic rings. The first-order valence-corrected chi connectivity index (χ1v) is 5.12. The van der Waals surface area contributed by atoms with Crippen molar-refractivity contribution in [2.75, 3.05) is 0 Å². The summed E-state index contributed by atoms with van der Waals surface area (Å²) in [5, 5.41) is 4.36. The summed E-state index contributed by atoms with van der Waals surface area (Å²) in [6, 6.07) is 8.09. The minimum Gasteiger partial charge on any atom is -0.417 e. The van der Waals surface area contributed by atoms with Crippen LogP contribution in [0.3, 0.4) is 0 Å². The van der Waals surface area contributed by atoms with Gasteiger partial charge in [-0.05, 0) is 26.0 Å². The summed E-state index contributed by atoms with van der Waals surface area (Å²) < 4.78 is 7.31. The lowest BCUT2D eigenvalue weighted by molar-refractivity contribution is 0.617. The van der Waals surface area contributed by atoms with E-state index in [4.69, 9.17) is 4.42 Å². The molecule has 4 heteroatoms. The lowest BCUT2D eigenvalue weighted by Gasteiger charge is -1.94. The van der Waals surface area contributed by atoms with Crippen LogP contribution >= 0.6 is 0 Å². The SMILES string of the molecule is Cc1ccc(-c2nn3c(C)ncc3o2)cc1. The molecule has 3 rings (SSSR count). The van der Waals surface area contributed by atoms with E-state index in [1.807, 2.05) is 31.2 Å². The molecule has 2 aromatic heterocycles. The van der Waals surface area contributed by atoms with Crippen molar-refractivity contribution in [1.29, 1.82) is 0 Å². The van der Waals surface area contributed by atoms with Gasteiger partial charge in [0.05, 0.1) is 6.20 Å². The quantitative estimate of drug-likeness (QED) is 0.624. The molecule has 0 saturated carbocycles. The molecule has 16 heavy (non-hydrogen) atoms. The van der Waals surface area contributed by atoms with Gasteiger partial charge in [0, 0.05) is 5.56 Å². The van der Waals surface area contributed by atoms with Gasteiger partial charge in [-0.25, -0.2) is 4.98 Å². The Morgan fingerprint density at radius 1 is 1.12 bits per heavy atom. The molecule has 1 aromatic carbocycles. The van der Waals surface area contributed by atoms with Crippen LogP contribution in [0.5, 0.6) is 0 Å². The second-order valence-corrected chi connectivity index (χ2v) is 3.83. The molecule has 0 saturated heterocycles. The molecule has 0 spiro atoms. The lowest BCUT2D eigenvalue weighted by atomic mass is 10.1. The second-order valence-electron chi connectivity index (χ2n) is 3.83. The van der Waals surface area contributed by atoms with Gasteiger partial charge >= 0.3 is 0 Å². The van der Waals surface area contributed by atoms with Crippen molar-refractivity contribution in [3.8, 4) is 11.5 Å². The highest BCUT2D eigenvalue weighted by molar-refractivity contribution is 5.55. The minimum atomic E-state index is 0.625. The highest BCUT2D eigenvalue weighted by atomic mass is 16.4. The van der Waals surface area contributed by atoms with Gasteiger partial charge in [-0.1, -0.05) is 17.7 Å². The molecular weight excluding hydrogens is 202 g/mol. The van der Waals surface area contributed by atoms with Crippen molar-refractivity contribution in [3.05, 3.63) is 41.9 Å². The van der Waals surface area contributed by atoms with E-state index >= 15 is 0 Å². The predicted octanol–water partition coefficient (Wildman–Crippen LogP) is 2.61. The maximum atomic E-state index is 5.60. The summed E-state index contributed by atoms with van der Waals surface area (Å²) in [5.41, 5.74) is 2.88.